The summed E-state index contributed by atoms with van der Waals surface area (Å²) in [5.74, 6) is 2.11. The van der Waals surface area contributed by atoms with Gasteiger partial charge in [0.05, 0.1) is 22.9 Å². The number of ether oxygens (including phenoxy) is 3. The van der Waals surface area contributed by atoms with E-state index in [-0.39, 0.29) is 6.61 Å². The molecule has 6 rings (SSSR count). The van der Waals surface area contributed by atoms with Crippen LogP contribution in [0.25, 0.3) is 11.1 Å². The Balaban J connectivity index is 1.18. The number of halogens is 1. The van der Waals surface area contributed by atoms with Gasteiger partial charge in [0.1, 0.15) is 36.5 Å². The van der Waals surface area contributed by atoms with Crippen molar-refractivity contribution in [1.29, 1.82) is 5.26 Å². The molecule has 1 fully saturated rings. The summed E-state index contributed by atoms with van der Waals surface area (Å²) in [5, 5.41) is 14.4. The van der Waals surface area contributed by atoms with E-state index in [0.717, 1.165) is 63.4 Å². The Morgan fingerprint density at radius 2 is 1.62 bits per heavy atom. The topological polar surface area (TPSA) is 88.7 Å². The number of pyridine rings is 1. The van der Waals surface area contributed by atoms with E-state index in [1.54, 1.807) is 16.9 Å². The number of likely N-dealkylation sites (tertiary alicyclic amines) is 1. The van der Waals surface area contributed by atoms with Gasteiger partial charge in [-0.05, 0) is 105 Å². The highest BCUT2D eigenvalue weighted by atomic mass is 35.5. The Morgan fingerprint density at radius 3 is 2.38 bits per heavy atom. The molecule has 0 bridgehead atoms. The second-order valence-electron chi connectivity index (χ2n) is 13.6. The highest BCUT2D eigenvalue weighted by Gasteiger charge is 2.17. The zero-order valence-corrected chi connectivity index (χ0v) is 31.3. The lowest BCUT2D eigenvalue weighted by molar-refractivity contribution is 0.262. The van der Waals surface area contributed by atoms with E-state index in [1.807, 2.05) is 38.5 Å². The Labute approximate surface area is 312 Å². The van der Waals surface area contributed by atoms with Crippen LogP contribution in [0.5, 0.6) is 17.2 Å². The molecule has 0 saturated carbocycles. The van der Waals surface area contributed by atoms with Gasteiger partial charge in [-0.3, -0.25) is 14.6 Å². The number of aryl methyl sites for hydroxylation is 1. The lowest BCUT2D eigenvalue weighted by Crippen LogP contribution is -2.22. The SMILES string of the molecule is Cc1c(COc2cc(OCc3cncc(C#N)c3)c(CN(C)Cc3ccn(C)n3)cc2Cl)cccc1-c1cccc(OCCCN2CCCC2)c1C. The standard InChI is InChI=1S/C42H47ClN6O3/c1-30-34(10-7-11-37(30)38-12-8-13-40(31(38)2)50-19-9-17-49-15-5-6-16-49)29-52-42-22-41(51-28-33-20-32(23-44)24-45-25-33)35(21-39(42)43)26-47(3)27-36-14-18-48(4)46-36/h7-8,10-14,18,20-22,24-25H,5-6,9,15-17,19,26-29H2,1-4H3. The molecule has 0 amide bonds. The number of rotatable bonds is 16. The van der Waals surface area contributed by atoms with Crippen molar-refractivity contribution in [3.8, 4) is 34.4 Å². The fourth-order valence-electron chi connectivity index (χ4n) is 6.73. The molecule has 5 aromatic rings. The average molecular weight is 719 g/mol. The summed E-state index contributed by atoms with van der Waals surface area (Å²) in [6.07, 6.45) is 8.83. The zero-order chi connectivity index (χ0) is 36.5. The zero-order valence-electron chi connectivity index (χ0n) is 30.6. The number of hydrogen-bond donors (Lipinski definition) is 0. The maximum Gasteiger partial charge on any atom is 0.142 e. The molecule has 0 N–H and O–H groups in total. The maximum absolute atomic E-state index is 9.35. The molecule has 0 spiro atoms. The van der Waals surface area contributed by atoms with Crippen molar-refractivity contribution in [3.63, 3.8) is 0 Å². The van der Waals surface area contributed by atoms with Crippen LogP contribution in [0.1, 0.15) is 58.3 Å². The number of hydrogen-bond acceptors (Lipinski definition) is 8. The predicted molar refractivity (Wildman–Crippen MR) is 205 cm³/mol. The van der Waals surface area contributed by atoms with Crippen molar-refractivity contribution in [2.75, 3.05) is 33.3 Å². The van der Waals surface area contributed by atoms with Gasteiger partial charge >= 0.3 is 0 Å². The van der Waals surface area contributed by atoms with E-state index < -0.39 is 0 Å². The van der Waals surface area contributed by atoms with Crippen LogP contribution in [-0.2, 0) is 33.4 Å². The molecule has 2 aromatic heterocycles. The van der Waals surface area contributed by atoms with Crippen LogP contribution in [0.15, 0.2) is 79.3 Å². The van der Waals surface area contributed by atoms with Crippen LogP contribution in [0.3, 0.4) is 0 Å². The van der Waals surface area contributed by atoms with E-state index in [9.17, 15) is 5.26 Å². The van der Waals surface area contributed by atoms with Crippen molar-refractivity contribution in [2.24, 2.45) is 7.05 Å². The minimum absolute atomic E-state index is 0.238. The van der Waals surface area contributed by atoms with Crippen molar-refractivity contribution >= 4 is 11.6 Å². The molecule has 1 aliphatic rings. The summed E-state index contributed by atoms with van der Waals surface area (Å²) in [4.78, 5) is 8.87. The normalized spacial score (nSPS) is 13.0. The van der Waals surface area contributed by atoms with Gasteiger partial charge in [-0.1, -0.05) is 41.9 Å². The molecule has 0 aliphatic carbocycles. The molecule has 270 valence electrons. The van der Waals surface area contributed by atoms with E-state index >= 15 is 0 Å². The smallest absolute Gasteiger partial charge is 0.142 e. The maximum atomic E-state index is 9.35. The Bertz CT molecular complexity index is 2020. The van der Waals surface area contributed by atoms with Crippen molar-refractivity contribution in [1.82, 2.24) is 24.6 Å². The van der Waals surface area contributed by atoms with Crippen LogP contribution >= 0.6 is 11.6 Å². The van der Waals surface area contributed by atoms with Gasteiger partial charge in [-0.25, -0.2) is 0 Å². The Kier molecular flexibility index (Phi) is 12.5. The third kappa shape index (κ3) is 9.51. The first-order valence-electron chi connectivity index (χ1n) is 17.9. The summed E-state index contributed by atoms with van der Waals surface area (Å²) in [6, 6.07) is 22.3. The predicted octanol–water partition coefficient (Wildman–Crippen LogP) is 8.28. The summed E-state index contributed by atoms with van der Waals surface area (Å²) in [5.41, 5.74) is 8.79. The van der Waals surface area contributed by atoms with Crippen LogP contribution < -0.4 is 14.2 Å². The van der Waals surface area contributed by atoms with Crippen LogP contribution in [0.4, 0.5) is 0 Å². The molecule has 52 heavy (non-hydrogen) atoms. The second-order valence-corrected chi connectivity index (χ2v) is 14.0. The Hall–Kier alpha value is -4.88. The van der Waals surface area contributed by atoms with Crippen LogP contribution in [0.2, 0.25) is 5.02 Å². The molecular weight excluding hydrogens is 672 g/mol. The van der Waals surface area contributed by atoms with Crippen molar-refractivity contribution in [3.05, 3.63) is 123 Å². The van der Waals surface area contributed by atoms with Gasteiger partial charge in [0, 0.05) is 62.5 Å². The Morgan fingerprint density at radius 1 is 0.846 bits per heavy atom. The van der Waals surface area contributed by atoms with Crippen LogP contribution in [0, 0.1) is 25.2 Å². The number of benzene rings is 3. The van der Waals surface area contributed by atoms with Gasteiger partial charge < -0.3 is 19.1 Å². The van der Waals surface area contributed by atoms with Gasteiger partial charge in [-0.15, -0.1) is 0 Å². The molecule has 1 aliphatic heterocycles. The molecule has 0 atom stereocenters. The molecule has 10 heteroatoms. The lowest BCUT2D eigenvalue weighted by Gasteiger charge is -2.20. The molecule has 0 unspecified atom stereocenters. The first kappa shape index (κ1) is 36.9. The quantitative estimate of drug-likeness (QED) is 0.0943. The first-order chi connectivity index (χ1) is 25.3. The molecule has 9 nitrogen and oxygen atoms in total. The number of nitrogens with zero attached hydrogens (tertiary/aromatic N) is 6. The average Bonchev–Trinajstić information content (AvgIpc) is 3.82. The molecule has 3 aromatic carbocycles. The largest absolute Gasteiger partial charge is 0.493 e. The highest BCUT2D eigenvalue weighted by molar-refractivity contribution is 6.32. The van der Waals surface area contributed by atoms with E-state index in [2.05, 4.69) is 76.2 Å². The first-order valence-corrected chi connectivity index (χ1v) is 18.3. The molecule has 3 heterocycles. The number of aromatic nitrogens is 3. The fraction of sp³-hybridized carbons (Fsp3) is 0.357. The minimum atomic E-state index is 0.238. The third-order valence-corrected chi connectivity index (χ3v) is 9.85. The minimum Gasteiger partial charge on any atom is -0.493 e. The van der Waals surface area contributed by atoms with Crippen molar-refractivity contribution < 1.29 is 14.2 Å². The fourth-order valence-corrected chi connectivity index (χ4v) is 6.97. The summed E-state index contributed by atoms with van der Waals surface area (Å²) < 4.78 is 20.9. The van der Waals surface area contributed by atoms with E-state index in [4.69, 9.17) is 25.8 Å². The summed E-state index contributed by atoms with van der Waals surface area (Å²) in [7, 11) is 3.94. The summed E-state index contributed by atoms with van der Waals surface area (Å²) in [6.45, 7) is 10.3. The van der Waals surface area contributed by atoms with Gasteiger partial charge in [0.25, 0.3) is 0 Å². The molecule has 0 radical (unpaired) electrons. The van der Waals surface area contributed by atoms with Crippen LogP contribution in [-0.4, -0.2) is 57.9 Å². The van der Waals surface area contributed by atoms with E-state index in [1.165, 1.54) is 32.1 Å². The monoisotopic (exact) mass is 718 g/mol. The summed E-state index contributed by atoms with van der Waals surface area (Å²) >= 11 is 6.89. The van der Waals surface area contributed by atoms with E-state index in [0.29, 0.717) is 48.4 Å². The lowest BCUT2D eigenvalue weighted by atomic mass is 9.93. The van der Waals surface area contributed by atoms with Gasteiger partial charge in [0.2, 0.25) is 0 Å². The van der Waals surface area contributed by atoms with Gasteiger partial charge in [-0.2, -0.15) is 10.4 Å². The molecular formula is C42H47ClN6O3. The molecule has 1 saturated heterocycles. The number of nitriles is 1. The second kappa shape index (κ2) is 17.6. The third-order valence-electron chi connectivity index (χ3n) is 9.55. The van der Waals surface area contributed by atoms with Crippen molar-refractivity contribution in [2.45, 2.75) is 59.4 Å². The highest BCUT2D eigenvalue weighted by Crippen LogP contribution is 2.37. The van der Waals surface area contributed by atoms with Gasteiger partial charge in [0.15, 0.2) is 0 Å².